The number of aromatic nitrogens is 1. The lowest BCUT2D eigenvalue weighted by molar-refractivity contribution is -0.137. The van der Waals surface area contributed by atoms with E-state index in [0.29, 0.717) is 6.07 Å². The topological polar surface area (TPSA) is 377 Å². The monoisotopic (exact) mass is 942 g/mol. The van der Waals surface area contributed by atoms with E-state index >= 15 is 0 Å². The lowest BCUT2D eigenvalue weighted by Gasteiger charge is -2.25. The fourth-order valence-corrected chi connectivity index (χ4v) is 11.1. The summed E-state index contributed by atoms with van der Waals surface area (Å²) in [5, 5.41) is 10.6. The number of anilines is 2. The Kier molecular flexibility index (Phi) is 11.4. The Labute approximate surface area is 343 Å². The summed E-state index contributed by atoms with van der Waals surface area (Å²) >= 11 is 0. The SMILES string of the molecule is O=C(O)CCCS(=O)(=O)c1cc(Nc2cc(S(=O)(=O)O)c3[nH]c(=O)c(C(=O)OCc4cccc(S(=O)(=O)O)c4)c4c3c2C(=O)c2ccccc2-4)c(S(=O)(=O)O)cc1S(=O)(=O)O. The zero-order chi connectivity index (χ0) is 45.2. The van der Waals surface area contributed by atoms with Gasteiger partial charge < -0.3 is 20.1 Å². The van der Waals surface area contributed by atoms with E-state index in [-0.39, 0.29) is 28.8 Å². The molecule has 0 unspecified atom stereocenters. The van der Waals surface area contributed by atoms with Crippen molar-refractivity contribution >= 4 is 90.3 Å². The number of pyridine rings is 1. The molecule has 0 atom stereocenters. The summed E-state index contributed by atoms with van der Waals surface area (Å²) in [7, 11) is -26.5. The number of hydrogen-bond acceptors (Lipinski definition) is 16. The predicted molar refractivity (Wildman–Crippen MR) is 207 cm³/mol. The van der Waals surface area contributed by atoms with E-state index in [1.165, 1.54) is 36.4 Å². The summed E-state index contributed by atoms with van der Waals surface area (Å²) < 4.78 is 171. The molecule has 6 rings (SSSR count). The first-order chi connectivity index (χ1) is 28.1. The van der Waals surface area contributed by atoms with Crippen LogP contribution in [0.4, 0.5) is 11.4 Å². The Bertz CT molecular complexity index is 3420. The number of rotatable bonds is 14. The number of hydrogen-bond donors (Lipinski definition) is 7. The Balaban J connectivity index is 1.66. The van der Waals surface area contributed by atoms with E-state index in [1.54, 1.807) is 0 Å². The van der Waals surface area contributed by atoms with Crippen LogP contribution in [-0.2, 0) is 66.4 Å². The van der Waals surface area contributed by atoms with E-state index in [9.17, 15) is 79.5 Å². The molecule has 0 saturated heterocycles. The standard InChI is InChI=1S/C34H26N2O20S5/c37-26(38)9-4-10-57(42,43)23-12-20(22(59(47,48)49)14-24(23)60(50,51)52)35-21-13-25(61(53,54)55)31-29-27(18-7-1-2-8-19(18)32(39)28(21)29)30(33(40)36-31)34(41)56-15-16-5-3-6-17(11-16)58(44,45)46/h1-3,5-8,11-14,35H,4,9-10,15H2,(H,36,40)(H,37,38)(H,44,45,46)(H,47,48,49)(H,50,51,52)(H,53,54,55). The lowest BCUT2D eigenvalue weighted by Crippen LogP contribution is -2.26. The van der Waals surface area contributed by atoms with Gasteiger partial charge in [-0.1, -0.05) is 36.4 Å². The molecule has 7 N–H and O–H groups in total. The molecule has 0 fully saturated rings. The van der Waals surface area contributed by atoms with Crippen molar-refractivity contribution in [2.45, 2.75) is 43.9 Å². The van der Waals surface area contributed by atoms with Gasteiger partial charge in [0.1, 0.15) is 26.9 Å². The van der Waals surface area contributed by atoms with Crippen LogP contribution >= 0.6 is 0 Å². The molecule has 1 aliphatic rings. The summed E-state index contributed by atoms with van der Waals surface area (Å²) in [6, 6.07) is 10.3. The first-order valence-electron chi connectivity index (χ1n) is 16.6. The Hall–Kier alpha value is -5.91. The number of benzene rings is 4. The zero-order valence-corrected chi connectivity index (χ0v) is 34.2. The quantitative estimate of drug-likeness (QED) is 0.0609. The third-order valence-corrected chi connectivity index (χ3v) is 14.5. The smallest absolute Gasteiger partial charge is 0.344 e. The van der Waals surface area contributed by atoms with E-state index in [2.05, 4.69) is 10.3 Å². The van der Waals surface area contributed by atoms with E-state index < -0.39 is 162 Å². The number of aliphatic carboxylic acids is 1. The number of ketones is 1. The van der Waals surface area contributed by atoms with Gasteiger partial charge >= 0.3 is 11.9 Å². The van der Waals surface area contributed by atoms with Crippen molar-refractivity contribution in [3.05, 3.63) is 99.3 Å². The fourth-order valence-electron chi connectivity index (χ4n) is 6.46. The van der Waals surface area contributed by atoms with Gasteiger partial charge in [0.05, 0.1) is 38.0 Å². The maximum absolute atomic E-state index is 14.4. The van der Waals surface area contributed by atoms with Gasteiger partial charge in [-0.05, 0) is 47.9 Å². The fraction of sp³-hybridized carbons (Fsp3) is 0.118. The third-order valence-electron chi connectivity index (χ3n) is 8.98. The second kappa shape index (κ2) is 15.5. The molecule has 0 amide bonds. The van der Waals surface area contributed by atoms with Crippen LogP contribution in [0.15, 0.2) is 96.0 Å². The highest BCUT2D eigenvalue weighted by Gasteiger charge is 2.37. The van der Waals surface area contributed by atoms with E-state index in [1.807, 2.05) is 0 Å². The number of aromatic amines is 1. The second-order valence-corrected chi connectivity index (χ2v) is 20.7. The van der Waals surface area contributed by atoms with Gasteiger partial charge in [0.15, 0.2) is 15.6 Å². The number of nitrogens with one attached hydrogen (secondary N) is 2. The summed E-state index contributed by atoms with van der Waals surface area (Å²) in [6.07, 6.45) is -1.38. The molecule has 0 bridgehead atoms. The predicted octanol–water partition coefficient (Wildman–Crippen LogP) is 2.47. The number of ether oxygens (including phenoxy) is 1. The van der Waals surface area contributed by atoms with Gasteiger partial charge in [0.25, 0.3) is 46.0 Å². The maximum Gasteiger partial charge on any atom is 0.344 e. The van der Waals surface area contributed by atoms with E-state index in [4.69, 9.17) is 9.84 Å². The minimum absolute atomic E-state index is 0.00712. The normalized spacial score (nSPS) is 13.1. The van der Waals surface area contributed by atoms with E-state index in [0.717, 1.165) is 12.1 Å². The number of fused-ring (bicyclic) bond motifs is 2. The van der Waals surface area contributed by atoms with Crippen molar-refractivity contribution in [1.29, 1.82) is 0 Å². The average molecular weight is 943 g/mol. The first-order valence-corrected chi connectivity index (χ1v) is 24.0. The highest BCUT2D eigenvalue weighted by molar-refractivity contribution is 7.93. The van der Waals surface area contributed by atoms with Crippen molar-refractivity contribution in [2.75, 3.05) is 11.1 Å². The first kappa shape index (κ1) is 44.6. The van der Waals surface area contributed by atoms with Crippen LogP contribution in [-0.4, -0.2) is 93.9 Å². The number of H-pyrrole nitrogens is 1. The molecule has 1 heterocycles. The summed E-state index contributed by atoms with van der Waals surface area (Å²) in [5.41, 5.74) is -6.71. The van der Waals surface area contributed by atoms with Gasteiger partial charge in [-0.2, -0.15) is 33.7 Å². The van der Waals surface area contributed by atoms with Gasteiger partial charge in [0, 0.05) is 22.9 Å². The van der Waals surface area contributed by atoms with Gasteiger partial charge in [-0.3, -0.25) is 32.6 Å². The average Bonchev–Trinajstić information content (AvgIpc) is 3.14. The second-order valence-electron chi connectivity index (χ2n) is 13.0. The number of carbonyl (C=O) groups excluding carboxylic acids is 2. The highest BCUT2D eigenvalue weighted by Crippen LogP contribution is 2.46. The third kappa shape index (κ3) is 8.81. The summed E-state index contributed by atoms with van der Waals surface area (Å²) in [5.74, 6) is -5.06. The van der Waals surface area contributed by atoms with Crippen LogP contribution in [0.2, 0.25) is 0 Å². The van der Waals surface area contributed by atoms with Gasteiger partial charge in [0.2, 0.25) is 0 Å². The van der Waals surface area contributed by atoms with Crippen LogP contribution in [0.5, 0.6) is 0 Å². The van der Waals surface area contributed by atoms with Gasteiger partial charge in [-0.25, -0.2) is 13.2 Å². The Morgan fingerprint density at radius 2 is 1.26 bits per heavy atom. The van der Waals surface area contributed by atoms with Crippen molar-refractivity contribution in [3.63, 3.8) is 0 Å². The molecule has 1 aliphatic carbocycles. The molecule has 4 aromatic carbocycles. The van der Waals surface area contributed by atoms with Crippen molar-refractivity contribution < 1.29 is 84.5 Å². The number of esters is 1. The van der Waals surface area contributed by atoms with Gasteiger partial charge in [-0.15, -0.1) is 0 Å². The summed E-state index contributed by atoms with van der Waals surface area (Å²) in [6.45, 7) is -0.732. The molecule has 0 radical (unpaired) electrons. The highest BCUT2D eigenvalue weighted by atomic mass is 32.2. The number of sulfone groups is 1. The Morgan fingerprint density at radius 3 is 1.85 bits per heavy atom. The van der Waals surface area contributed by atoms with Crippen LogP contribution in [0.3, 0.4) is 0 Å². The molecular weight excluding hydrogens is 917 g/mol. The molecule has 0 aliphatic heterocycles. The minimum Gasteiger partial charge on any atom is -0.481 e. The number of carbonyl (C=O) groups is 3. The largest absolute Gasteiger partial charge is 0.481 e. The minimum atomic E-state index is -5.67. The maximum atomic E-state index is 14.4. The van der Waals surface area contributed by atoms with Crippen molar-refractivity contribution in [3.8, 4) is 11.1 Å². The summed E-state index contributed by atoms with van der Waals surface area (Å²) in [4.78, 5) is 48.9. The molecule has 27 heteroatoms. The molecule has 61 heavy (non-hydrogen) atoms. The zero-order valence-electron chi connectivity index (χ0n) is 30.1. The molecule has 322 valence electrons. The lowest BCUT2D eigenvalue weighted by atomic mass is 9.81. The van der Waals surface area contributed by atoms with Crippen molar-refractivity contribution in [2.24, 2.45) is 0 Å². The molecule has 1 aromatic heterocycles. The molecule has 5 aromatic rings. The Morgan fingerprint density at radius 1 is 0.656 bits per heavy atom. The molecule has 0 saturated carbocycles. The van der Waals surface area contributed by atoms with Crippen LogP contribution < -0.4 is 10.9 Å². The van der Waals surface area contributed by atoms with Crippen LogP contribution in [0.25, 0.3) is 22.0 Å². The van der Waals surface area contributed by atoms with Crippen LogP contribution in [0, 0.1) is 0 Å². The number of carboxylic acids is 1. The molecule has 0 spiro atoms. The van der Waals surface area contributed by atoms with Crippen molar-refractivity contribution in [1.82, 2.24) is 4.98 Å². The molecule has 22 nitrogen and oxygen atoms in total. The van der Waals surface area contributed by atoms with Crippen LogP contribution in [0.1, 0.15) is 44.7 Å². The molecular formula is C34H26N2O20S5. The number of carboxylic acid groups (broad SMARTS) is 1.